The summed E-state index contributed by atoms with van der Waals surface area (Å²) in [6.07, 6.45) is 7.27. The highest BCUT2D eigenvalue weighted by Gasteiger charge is 2.09. The van der Waals surface area contributed by atoms with Gasteiger partial charge in [0, 0.05) is 34.7 Å². The molecule has 5 nitrogen and oxygen atoms in total. The predicted molar refractivity (Wildman–Crippen MR) is 141 cm³/mol. The highest BCUT2D eigenvalue weighted by molar-refractivity contribution is 7.80. The van der Waals surface area contributed by atoms with Crippen molar-refractivity contribution in [2.45, 2.75) is 6.42 Å². The number of hydrogen-bond acceptors (Lipinski definition) is 4. The van der Waals surface area contributed by atoms with Crippen molar-refractivity contribution in [2.24, 2.45) is 0 Å². The Morgan fingerprint density at radius 1 is 0.971 bits per heavy atom. The van der Waals surface area contributed by atoms with Crippen molar-refractivity contribution in [1.29, 1.82) is 0 Å². The molecule has 0 aliphatic carbocycles. The maximum Gasteiger partial charge on any atom is 0.250 e. The van der Waals surface area contributed by atoms with E-state index in [0.717, 1.165) is 17.7 Å². The van der Waals surface area contributed by atoms with Crippen LogP contribution in [0, 0.1) is 0 Å². The molecular weight excluding hydrogens is 489 g/mol. The van der Waals surface area contributed by atoms with E-state index in [-0.39, 0.29) is 11.0 Å². The summed E-state index contributed by atoms with van der Waals surface area (Å²) in [7, 11) is 0. The van der Waals surface area contributed by atoms with Gasteiger partial charge in [0.25, 0.3) is 0 Å². The molecule has 34 heavy (non-hydrogen) atoms. The quantitative estimate of drug-likeness (QED) is 0.222. The minimum atomic E-state index is -0.380. The summed E-state index contributed by atoms with van der Waals surface area (Å²) in [4.78, 5) is 16.3. The summed E-state index contributed by atoms with van der Waals surface area (Å²) < 4.78 is 5.75. The first kappa shape index (κ1) is 23.7. The fourth-order valence-electron chi connectivity index (χ4n) is 3.19. The van der Waals surface area contributed by atoms with Crippen LogP contribution in [0.4, 0.5) is 5.69 Å². The van der Waals surface area contributed by atoms with Crippen LogP contribution in [-0.2, 0) is 11.2 Å². The van der Waals surface area contributed by atoms with Gasteiger partial charge in [-0.2, -0.15) is 0 Å². The highest BCUT2D eigenvalue weighted by atomic mass is 35.5. The zero-order valence-electron chi connectivity index (χ0n) is 17.8. The molecule has 2 aromatic heterocycles. The Hall–Kier alpha value is -3.45. The Kier molecular flexibility index (Phi) is 7.75. The molecular formula is C26H19Cl2N3O2S. The Balaban J connectivity index is 1.29. The van der Waals surface area contributed by atoms with Crippen molar-refractivity contribution >= 4 is 58.2 Å². The van der Waals surface area contributed by atoms with E-state index in [0.29, 0.717) is 27.1 Å². The highest BCUT2D eigenvalue weighted by Crippen LogP contribution is 2.31. The number of furan rings is 1. The summed E-state index contributed by atoms with van der Waals surface area (Å²) in [6, 6.07) is 20.5. The Morgan fingerprint density at radius 2 is 1.71 bits per heavy atom. The van der Waals surface area contributed by atoms with E-state index in [9.17, 15) is 4.79 Å². The first-order valence-electron chi connectivity index (χ1n) is 10.3. The lowest BCUT2D eigenvalue weighted by Crippen LogP contribution is -2.32. The molecule has 2 N–H and O–H groups in total. The second kappa shape index (κ2) is 11.1. The van der Waals surface area contributed by atoms with E-state index >= 15 is 0 Å². The number of aromatic nitrogens is 1. The van der Waals surface area contributed by atoms with Gasteiger partial charge in [-0.05, 0) is 90.4 Å². The number of hydrogen-bond donors (Lipinski definition) is 2. The van der Waals surface area contributed by atoms with Crippen molar-refractivity contribution in [3.8, 4) is 11.3 Å². The molecule has 8 heteroatoms. The van der Waals surface area contributed by atoms with Gasteiger partial charge < -0.3 is 9.73 Å². The molecule has 2 aromatic carbocycles. The zero-order valence-corrected chi connectivity index (χ0v) is 20.1. The molecule has 170 valence electrons. The molecule has 4 rings (SSSR count). The molecule has 0 radical (unpaired) electrons. The van der Waals surface area contributed by atoms with Crippen LogP contribution in [0.5, 0.6) is 0 Å². The largest absolute Gasteiger partial charge is 0.457 e. The molecule has 2 heterocycles. The van der Waals surface area contributed by atoms with E-state index in [1.54, 1.807) is 48.8 Å². The number of carbonyl (C=O) groups is 1. The number of amides is 1. The van der Waals surface area contributed by atoms with Crippen LogP contribution in [0.1, 0.15) is 16.9 Å². The van der Waals surface area contributed by atoms with Crippen LogP contribution in [0.25, 0.3) is 17.4 Å². The molecule has 4 aromatic rings. The van der Waals surface area contributed by atoms with E-state index < -0.39 is 0 Å². The fourth-order valence-corrected chi connectivity index (χ4v) is 3.91. The number of halogens is 2. The third-order valence-electron chi connectivity index (χ3n) is 4.83. The van der Waals surface area contributed by atoms with Crippen molar-refractivity contribution in [3.63, 3.8) is 0 Å². The number of nitrogens with zero attached hydrogens (tertiary/aromatic N) is 1. The van der Waals surface area contributed by atoms with Gasteiger partial charge in [-0.25, -0.2) is 0 Å². The lowest BCUT2D eigenvalue weighted by atomic mass is 10.1. The molecule has 0 saturated carbocycles. The maximum absolute atomic E-state index is 12.2. The van der Waals surface area contributed by atoms with Crippen molar-refractivity contribution < 1.29 is 9.21 Å². The lowest BCUT2D eigenvalue weighted by Gasteiger charge is -2.09. The van der Waals surface area contributed by atoms with E-state index in [1.165, 1.54) is 11.6 Å². The van der Waals surface area contributed by atoms with Gasteiger partial charge in [-0.15, -0.1) is 0 Å². The summed E-state index contributed by atoms with van der Waals surface area (Å²) >= 11 is 17.4. The van der Waals surface area contributed by atoms with Gasteiger partial charge >= 0.3 is 0 Å². The van der Waals surface area contributed by atoms with E-state index in [2.05, 4.69) is 15.6 Å². The molecule has 0 atom stereocenters. The SMILES string of the molecule is O=C(/C=C/c1ccc(-c2ccc(Cl)cc2Cl)o1)NC(=S)Nc1ccc(Cc2ccncc2)cc1. The number of pyridine rings is 1. The third-order valence-corrected chi connectivity index (χ3v) is 5.58. The van der Waals surface area contributed by atoms with Crippen molar-refractivity contribution in [1.82, 2.24) is 10.3 Å². The lowest BCUT2D eigenvalue weighted by molar-refractivity contribution is -0.115. The summed E-state index contributed by atoms with van der Waals surface area (Å²) in [6.45, 7) is 0. The fraction of sp³-hybridized carbons (Fsp3) is 0.0385. The topological polar surface area (TPSA) is 67.2 Å². The number of benzene rings is 2. The van der Waals surface area contributed by atoms with Gasteiger partial charge in [0.15, 0.2) is 5.11 Å². The van der Waals surface area contributed by atoms with Gasteiger partial charge in [-0.1, -0.05) is 35.3 Å². The Bertz CT molecular complexity index is 1340. The van der Waals surface area contributed by atoms with Crippen molar-refractivity contribution in [3.05, 3.63) is 112 Å². The first-order valence-corrected chi connectivity index (χ1v) is 11.5. The zero-order chi connectivity index (χ0) is 23.9. The van der Waals surface area contributed by atoms with Crippen LogP contribution in [0.2, 0.25) is 10.0 Å². The number of carbonyl (C=O) groups excluding carboxylic acids is 1. The first-order chi connectivity index (χ1) is 16.5. The second-order valence-corrected chi connectivity index (χ2v) is 8.58. The number of thiocarbonyl (C=S) groups is 1. The Labute approximate surface area is 212 Å². The van der Waals surface area contributed by atoms with Crippen molar-refractivity contribution in [2.75, 3.05) is 5.32 Å². The van der Waals surface area contributed by atoms with Gasteiger partial charge in [0.1, 0.15) is 11.5 Å². The average molecular weight is 508 g/mol. The van der Waals surface area contributed by atoms with Gasteiger partial charge in [-0.3, -0.25) is 15.1 Å². The van der Waals surface area contributed by atoms with Crippen LogP contribution in [0.3, 0.4) is 0 Å². The molecule has 1 amide bonds. The summed E-state index contributed by atoms with van der Waals surface area (Å²) in [5.74, 6) is 0.695. The van der Waals surface area contributed by atoms with Crippen LogP contribution in [-0.4, -0.2) is 16.0 Å². The maximum atomic E-state index is 12.2. The second-order valence-electron chi connectivity index (χ2n) is 7.33. The number of anilines is 1. The normalized spacial score (nSPS) is 10.9. The molecule has 0 saturated heterocycles. The summed E-state index contributed by atoms with van der Waals surface area (Å²) in [5, 5.41) is 6.85. The molecule has 0 spiro atoms. The minimum Gasteiger partial charge on any atom is -0.457 e. The predicted octanol–water partition coefficient (Wildman–Crippen LogP) is 6.77. The van der Waals surface area contributed by atoms with E-state index in [1.807, 2.05) is 36.4 Å². The molecule has 0 aliphatic rings. The van der Waals surface area contributed by atoms with Gasteiger partial charge in [0.05, 0.1) is 5.02 Å². The molecule has 0 aliphatic heterocycles. The monoisotopic (exact) mass is 507 g/mol. The standard InChI is InChI=1S/C26H19Cl2N3O2S/c27-19-3-8-22(23(28)16-19)24-9-6-21(33-24)7-10-25(32)31-26(34)30-20-4-1-17(2-5-20)15-18-11-13-29-14-12-18/h1-14,16H,15H2,(H2,30,31,32,34)/b10-7+. The van der Waals surface area contributed by atoms with Gasteiger partial charge in [0.2, 0.25) is 5.91 Å². The van der Waals surface area contributed by atoms with Crippen LogP contribution in [0.15, 0.2) is 89.6 Å². The van der Waals surface area contributed by atoms with Crippen LogP contribution >= 0.6 is 35.4 Å². The number of nitrogens with one attached hydrogen (secondary N) is 2. The summed E-state index contributed by atoms with van der Waals surface area (Å²) in [5.41, 5.74) is 3.84. The van der Waals surface area contributed by atoms with E-state index in [4.69, 9.17) is 39.8 Å². The Morgan fingerprint density at radius 3 is 2.44 bits per heavy atom. The third kappa shape index (κ3) is 6.54. The smallest absolute Gasteiger partial charge is 0.250 e. The van der Waals surface area contributed by atoms with Crippen LogP contribution < -0.4 is 10.6 Å². The number of rotatable bonds is 6. The molecule has 0 fully saturated rings. The molecule has 0 bridgehead atoms. The average Bonchev–Trinajstić information content (AvgIpc) is 3.28. The molecule has 0 unspecified atom stereocenters. The minimum absolute atomic E-state index is 0.199.